The van der Waals surface area contributed by atoms with Crippen molar-refractivity contribution in [2.45, 2.75) is 12.2 Å². The molecule has 0 radical (unpaired) electrons. The zero-order valence-electron chi connectivity index (χ0n) is 8.95. The van der Waals surface area contributed by atoms with Crippen LogP contribution in [-0.4, -0.2) is 24.4 Å². The van der Waals surface area contributed by atoms with Gasteiger partial charge in [0, 0.05) is 17.3 Å². The minimum absolute atomic E-state index is 0.285. The monoisotopic (exact) mass is 281 g/mol. The van der Waals surface area contributed by atoms with Gasteiger partial charge in [-0.15, -0.1) is 0 Å². The minimum Gasteiger partial charge on any atom is -0.368 e. The lowest BCUT2D eigenvalue weighted by Gasteiger charge is -2.14. The van der Waals surface area contributed by atoms with Gasteiger partial charge in [0.2, 0.25) is 5.91 Å². The van der Waals surface area contributed by atoms with Gasteiger partial charge in [0.15, 0.2) is 0 Å². The molecule has 18 heavy (non-hydrogen) atoms. The van der Waals surface area contributed by atoms with Gasteiger partial charge in [-0.25, -0.2) is 0 Å². The number of rotatable bonds is 4. The zero-order chi connectivity index (χ0) is 13.9. The number of alkyl halides is 3. The molecule has 0 spiro atoms. The van der Waals surface area contributed by atoms with E-state index < -0.39 is 35.2 Å². The van der Waals surface area contributed by atoms with Crippen molar-refractivity contribution in [2.24, 2.45) is 11.5 Å². The van der Waals surface area contributed by atoms with Gasteiger partial charge in [0.25, 0.3) is 5.91 Å². The summed E-state index contributed by atoms with van der Waals surface area (Å²) < 4.78 is 37.6. The summed E-state index contributed by atoms with van der Waals surface area (Å²) in [5, 5.41) is 3.91. The third-order valence-electron chi connectivity index (χ3n) is 2.10. The Hall–Kier alpha value is -1.61. The van der Waals surface area contributed by atoms with E-state index in [0.717, 1.165) is 22.1 Å². The summed E-state index contributed by atoms with van der Waals surface area (Å²) in [5.41, 5.74) is 8.48. The number of carbonyl (C=O) groups is 2. The number of amides is 2. The van der Waals surface area contributed by atoms with E-state index in [1.165, 1.54) is 0 Å². The van der Waals surface area contributed by atoms with Gasteiger partial charge in [-0.1, -0.05) is 0 Å². The fraction of sp³-hybridized carbons (Fsp3) is 0.333. The van der Waals surface area contributed by atoms with Crippen molar-refractivity contribution in [2.75, 3.05) is 6.54 Å². The van der Waals surface area contributed by atoms with Crippen LogP contribution in [0.3, 0.4) is 0 Å². The van der Waals surface area contributed by atoms with E-state index in [4.69, 9.17) is 11.5 Å². The molecular weight excluding hydrogens is 271 g/mol. The number of primary amides is 1. The first-order valence-corrected chi connectivity index (χ1v) is 5.65. The second kappa shape index (κ2) is 5.36. The van der Waals surface area contributed by atoms with Crippen molar-refractivity contribution in [1.82, 2.24) is 5.32 Å². The molecule has 0 saturated heterocycles. The van der Waals surface area contributed by atoms with Crippen molar-refractivity contribution >= 4 is 23.2 Å². The van der Waals surface area contributed by atoms with Crippen LogP contribution in [0.25, 0.3) is 0 Å². The fourth-order valence-electron chi connectivity index (χ4n) is 1.17. The topological polar surface area (TPSA) is 98.2 Å². The molecule has 1 aromatic rings. The highest BCUT2D eigenvalue weighted by Crippen LogP contribution is 2.34. The van der Waals surface area contributed by atoms with E-state index in [0.29, 0.717) is 0 Å². The molecule has 5 nitrogen and oxygen atoms in total. The number of thiophene rings is 1. The second-order valence-electron chi connectivity index (χ2n) is 3.36. The zero-order valence-corrected chi connectivity index (χ0v) is 9.77. The van der Waals surface area contributed by atoms with Gasteiger partial charge >= 0.3 is 6.18 Å². The number of halogens is 3. The molecule has 0 aromatic carbocycles. The Morgan fingerprint density at radius 1 is 1.39 bits per heavy atom. The summed E-state index contributed by atoms with van der Waals surface area (Å²) in [6.07, 6.45) is -4.63. The van der Waals surface area contributed by atoms with Crippen LogP contribution in [0, 0.1) is 0 Å². The number of hydrogen-bond donors (Lipinski definition) is 3. The standard InChI is InChI=1S/C9H10F3N3O2S/c10-9(11,12)5-3-18-2-4(5)8(17)15-6(1-13)7(14)16/h2-3,6H,1,13H2,(H2,14,16)(H,15,17). The molecule has 5 N–H and O–H groups in total. The highest BCUT2D eigenvalue weighted by Gasteiger charge is 2.36. The van der Waals surface area contributed by atoms with Crippen molar-refractivity contribution < 1.29 is 22.8 Å². The van der Waals surface area contributed by atoms with Gasteiger partial charge in [0.1, 0.15) is 6.04 Å². The summed E-state index contributed by atoms with van der Waals surface area (Å²) in [6, 6.07) is -1.20. The van der Waals surface area contributed by atoms with E-state index in [1.807, 2.05) is 5.32 Å². The lowest BCUT2D eigenvalue weighted by Crippen LogP contribution is -2.49. The Kier molecular flexibility index (Phi) is 4.30. The lowest BCUT2D eigenvalue weighted by atomic mass is 10.1. The van der Waals surface area contributed by atoms with Gasteiger partial charge in [0.05, 0.1) is 11.1 Å². The molecule has 0 aliphatic carbocycles. The van der Waals surface area contributed by atoms with Crippen LogP contribution in [0.15, 0.2) is 10.8 Å². The predicted molar refractivity (Wildman–Crippen MR) is 58.8 cm³/mol. The first kappa shape index (κ1) is 14.5. The molecule has 0 aliphatic heterocycles. The quantitative estimate of drug-likeness (QED) is 0.740. The molecule has 1 unspecified atom stereocenters. The van der Waals surface area contributed by atoms with Crippen molar-refractivity contribution in [1.29, 1.82) is 0 Å². The molecule has 1 rings (SSSR count). The Labute approximate surface area is 104 Å². The molecule has 9 heteroatoms. The summed E-state index contributed by atoms with van der Waals surface area (Å²) in [7, 11) is 0. The van der Waals surface area contributed by atoms with Crippen LogP contribution >= 0.6 is 11.3 Å². The molecule has 1 heterocycles. The van der Waals surface area contributed by atoms with Crippen LogP contribution in [0.2, 0.25) is 0 Å². The maximum Gasteiger partial charge on any atom is 0.417 e. The van der Waals surface area contributed by atoms with Crippen molar-refractivity contribution in [3.05, 3.63) is 21.9 Å². The Bertz CT molecular complexity index is 458. The van der Waals surface area contributed by atoms with Crippen LogP contribution in [-0.2, 0) is 11.0 Å². The van der Waals surface area contributed by atoms with E-state index in [-0.39, 0.29) is 6.54 Å². The Morgan fingerprint density at radius 3 is 2.44 bits per heavy atom. The number of carbonyl (C=O) groups excluding carboxylic acids is 2. The maximum absolute atomic E-state index is 12.5. The molecule has 0 bridgehead atoms. The van der Waals surface area contributed by atoms with Crippen molar-refractivity contribution in [3.63, 3.8) is 0 Å². The summed E-state index contributed by atoms with van der Waals surface area (Å²) in [6.45, 7) is -0.285. The van der Waals surface area contributed by atoms with E-state index in [2.05, 4.69) is 0 Å². The molecule has 100 valence electrons. The van der Waals surface area contributed by atoms with E-state index in [1.54, 1.807) is 0 Å². The molecule has 0 aliphatic rings. The lowest BCUT2D eigenvalue weighted by molar-refractivity contribution is -0.137. The molecule has 1 atom stereocenters. The Balaban J connectivity index is 2.92. The number of hydrogen-bond acceptors (Lipinski definition) is 4. The molecule has 0 saturated carbocycles. The first-order chi connectivity index (χ1) is 8.27. The van der Waals surface area contributed by atoms with Crippen LogP contribution in [0.1, 0.15) is 15.9 Å². The number of nitrogens with two attached hydrogens (primary N) is 2. The fourth-order valence-corrected chi connectivity index (χ4v) is 2.01. The average Bonchev–Trinajstić information content (AvgIpc) is 2.73. The summed E-state index contributed by atoms with van der Waals surface area (Å²) >= 11 is 0.736. The van der Waals surface area contributed by atoms with Gasteiger partial charge in [-0.05, 0) is 0 Å². The molecular formula is C9H10F3N3O2S. The van der Waals surface area contributed by atoms with Gasteiger partial charge in [-0.3, -0.25) is 9.59 Å². The Morgan fingerprint density at radius 2 is 2.00 bits per heavy atom. The van der Waals surface area contributed by atoms with Crippen LogP contribution in [0.5, 0.6) is 0 Å². The normalized spacial score (nSPS) is 13.1. The number of nitrogens with one attached hydrogen (secondary N) is 1. The molecule has 2 amide bonds. The van der Waals surface area contributed by atoms with Gasteiger partial charge < -0.3 is 16.8 Å². The summed E-state index contributed by atoms with van der Waals surface area (Å²) in [5.74, 6) is -1.94. The third-order valence-corrected chi connectivity index (χ3v) is 2.84. The largest absolute Gasteiger partial charge is 0.417 e. The van der Waals surface area contributed by atoms with E-state index >= 15 is 0 Å². The smallest absolute Gasteiger partial charge is 0.368 e. The third kappa shape index (κ3) is 3.20. The highest BCUT2D eigenvalue weighted by atomic mass is 32.1. The first-order valence-electron chi connectivity index (χ1n) is 4.71. The molecule has 1 aromatic heterocycles. The second-order valence-corrected chi connectivity index (χ2v) is 4.10. The average molecular weight is 281 g/mol. The SMILES string of the molecule is NCC(NC(=O)c1cscc1C(F)(F)F)C(N)=O. The van der Waals surface area contributed by atoms with Crippen LogP contribution < -0.4 is 16.8 Å². The molecule has 0 fully saturated rings. The predicted octanol–water partition coefficient (Wildman–Crippen LogP) is 0.309. The minimum atomic E-state index is -4.63. The summed E-state index contributed by atoms with van der Waals surface area (Å²) in [4.78, 5) is 22.4. The maximum atomic E-state index is 12.5. The highest BCUT2D eigenvalue weighted by molar-refractivity contribution is 7.08. The van der Waals surface area contributed by atoms with Crippen LogP contribution in [0.4, 0.5) is 13.2 Å². The van der Waals surface area contributed by atoms with Crippen molar-refractivity contribution in [3.8, 4) is 0 Å². The van der Waals surface area contributed by atoms with E-state index in [9.17, 15) is 22.8 Å². The van der Waals surface area contributed by atoms with Gasteiger partial charge in [-0.2, -0.15) is 24.5 Å².